The van der Waals surface area contributed by atoms with Gasteiger partial charge in [-0.05, 0) is 65.7 Å². The molecule has 0 saturated heterocycles. The molecule has 3 heterocycles. The SMILES string of the molecule is c1ccc(-c2cccc(-n3c4ccccc4c4c5c6ccccc6n(-c6ccc(-c7cc(-c8ccccc8)nc(-c8ccccc8)n7)cc6)c5ccc43)c2)cc1. The minimum atomic E-state index is 0.711. The fourth-order valence-electron chi connectivity index (χ4n) is 8.38. The Morgan fingerprint density at radius 1 is 0.286 bits per heavy atom. The van der Waals surface area contributed by atoms with Crippen LogP contribution < -0.4 is 0 Å². The number of fused-ring (bicyclic) bond motifs is 7. The summed E-state index contributed by atoms with van der Waals surface area (Å²) in [6, 6.07) is 73.1. The lowest BCUT2D eigenvalue weighted by atomic mass is 10.0. The van der Waals surface area contributed by atoms with Gasteiger partial charge >= 0.3 is 0 Å². The standard InChI is InChI=1S/C52H34N4/c1-4-15-35(16-5-1)39-21-14-22-41(33-39)56-47-26-13-11-24-43(47)51-49(56)32-31-48-50(51)42-23-10-12-25-46(42)55(48)40-29-27-37(28-30-40)45-34-44(36-17-6-2-7-18-36)53-52(54-45)38-19-8-3-9-20-38/h1-34H. The Bertz CT molecular complexity index is 3160. The lowest BCUT2D eigenvalue weighted by Gasteiger charge is -2.12. The molecule has 0 atom stereocenters. The fraction of sp³-hybridized carbons (Fsp3) is 0. The highest BCUT2D eigenvalue weighted by Crippen LogP contribution is 2.43. The Balaban J connectivity index is 1.08. The van der Waals surface area contributed by atoms with E-state index in [9.17, 15) is 0 Å². The third kappa shape index (κ3) is 5.23. The number of rotatable bonds is 6. The molecule has 0 aliphatic heterocycles. The molecule has 11 aromatic rings. The average molecular weight is 715 g/mol. The van der Waals surface area contributed by atoms with Gasteiger partial charge in [-0.1, -0.05) is 152 Å². The average Bonchev–Trinajstić information content (AvgIpc) is 3.80. The predicted octanol–water partition coefficient (Wildman–Crippen LogP) is 13.3. The first-order valence-electron chi connectivity index (χ1n) is 19.0. The second-order valence-electron chi connectivity index (χ2n) is 14.2. The van der Waals surface area contributed by atoms with Gasteiger partial charge in [0.05, 0.1) is 33.5 Å². The van der Waals surface area contributed by atoms with Crippen molar-refractivity contribution in [2.24, 2.45) is 0 Å². The minimum Gasteiger partial charge on any atom is -0.309 e. The van der Waals surface area contributed by atoms with Crippen LogP contribution in [0.4, 0.5) is 0 Å². The van der Waals surface area contributed by atoms with Crippen molar-refractivity contribution < 1.29 is 0 Å². The maximum Gasteiger partial charge on any atom is 0.160 e. The molecule has 0 aliphatic rings. The van der Waals surface area contributed by atoms with Crippen molar-refractivity contribution in [2.45, 2.75) is 0 Å². The Labute approximate surface area is 324 Å². The van der Waals surface area contributed by atoms with Crippen molar-refractivity contribution >= 4 is 43.6 Å². The third-order valence-corrected chi connectivity index (χ3v) is 10.9. The summed E-state index contributed by atoms with van der Waals surface area (Å²) in [5, 5.41) is 4.99. The lowest BCUT2D eigenvalue weighted by Crippen LogP contribution is -1.97. The number of aromatic nitrogens is 4. The minimum absolute atomic E-state index is 0.711. The molecule has 3 aromatic heterocycles. The third-order valence-electron chi connectivity index (χ3n) is 10.9. The molecule has 4 nitrogen and oxygen atoms in total. The molecule has 11 rings (SSSR count). The zero-order valence-electron chi connectivity index (χ0n) is 30.4. The first-order chi connectivity index (χ1) is 27.8. The first kappa shape index (κ1) is 31.9. The fourth-order valence-corrected chi connectivity index (χ4v) is 8.38. The van der Waals surface area contributed by atoms with Gasteiger partial charge in [0.2, 0.25) is 0 Å². The largest absolute Gasteiger partial charge is 0.309 e. The highest BCUT2D eigenvalue weighted by Gasteiger charge is 2.21. The number of para-hydroxylation sites is 2. The molecule has 4 heteroatoms. The maximum absolute atomic E-state index is 5.08. The normalized spacial score (nSPS) is 11.6. The van der Waals surface area contributed by atoms with Gasteiger partial charge in [-0.15, -0.1) is 0 Å². The van der Waals surface area contributed by atoms with Crippen LogP contribution in [-0.4, -0.2) is 19.1 Å². The van der Waals surface area contributed by atoms with Crippen molar-refractivity contribution in [3.63, 3.8) is 0 Å². The van der Waals surface area contributed by atoms with E-state index in [2.05, 4.69) is 191 Å². The van der Waals surface area contributed by atoms with Crippen LogP contribution in [0.15, 0.2) is 206 Å². The van der Waals surface area contributed by atoms with E-state index in [1.54, 1.807) is 0 Å². The van der Waals surface area contributed by atoms with Gasteiger partial charge in [0.15, 0.2) is 5.82 Å². The van der Waals surface area contributed by atoms with Crippen LogP contribution in [0.1, 0.15) is 0 Å². The summed E-state index contributed by atoms with van der Waals surface area (Å²) in [5.74, 6) is 0.711. The summed E-state index contributed by atoms with van der Waals surface area (Å²) in [7, 11) is 0. The maximum atomic E-state index is 5.08. The number of benzene rings is 8. The summed E-state index contributed by atoms with van der Waals surface area (Å²) in [5.41, 5.74) is 14.2. The molecule has 0 spiro atoms. The zero-order valence-corrected chi connectivity index (χ0v) is 30.4. The molecular weight excluding hydrogens is 681 g/mol. The zero-order chi connectivity index (χ0) is 37.0. The molecule has 0 radical (unpaired) electrons. The molecule has 0 amide bonds. The van der Waals surface area contributed by atoms with Crippen LogP contribution in [0.5, 0.6) is 0 Å². The van der Waals surface area contributed by atoms with E-state index in [1.807, 2.05) is 24.3 Å². The molecule has 262 valence electrons. The van der Waals surface area contributed by atoms with E-state index in [-0.39, 0.29) is 0 Å². The van der Waals surface area contributed by atoms with Crippen molar-refractivity contribution in [2.75, 3.05) is 0 Å². The summed E-state index contributed by atoms with van der Waals surface area (Å²) in [4.78, 5) is 10.1. The Hall–Kier alpha value is -7.56. The van der Waals surface area contributed by atoms with Gasteiger partial charge < -0.3 is 9.13 Å². The first-order valence-corrected chi connectivity index (χ1v) is 19.0. The Morgan fingerprint density at radius 3 is 1.34 bits per heavy atom. The van der Waals surface area contributed by atoms with Crippen molar-refractivity contribution in [1.29, 1.82) is 0 Å². The Kier molecular flexibility index (Phi) is 7.46. The van der Waals surface area contributed by atoms with E-state index >= 15 is 0 Å². The molecule has 0 bridgehead atoms. The summed E-state index contributed by atoms with van der Waals surface area (Å²) >= 11 is 0. The topological polar surface area (TPSA) is 35.6 Å². The molecule has 0 fully saturated rings. The molecule has 0 aliphatic carbocycles. The molecule has 56 heavy (non-hydrogen) atoms. The number of hydrogen-bond acceptors (Lipinski definition) is 2. The van der Waals surface area contributed by atoms with Crippen LogP contribution in [0.25, 0.3) is 100 Å². The monoisotopic (exact) mass is 714 g/mol. The molecule has 0 N–H and O–H groups in total. The highest BCUT2D eigenvalue weighted by atomic mass is 15.0. The van der Waals surface area contributed by atoms with Crippen molar-refractivity contribution in [1.82, 2.24) is 19.1 Å². The van der Waals surface area contributed by atoms with Crippen LogP contribution in [0.3, 0.4) is 0 Å². The number of hydrogen-bond donors (Lipinski definition) is 0. The predicted molar refractivity (Wildman–Crippen MR) is 232 cm³/mol. The smallest absolute Gasteiger partial charge is 0.160 e. The van der Waals surface area contributed by atoms with Crippen LogP contribution >= 0.6 is 0 Å². The van der Waals surface area contributed by atoms with Crippen LogP contribution in [-0.2, 0) is 0 Å². The quantitative estimate of drug-likeness (QED) is 0.172. The van der Waals surface area contributed by atoms with Crippen molar-refractivity contribution in [3.05, 3.63) is 206 Å². The van der Waals surface area contributed by atoms with Gasteiger partial charge in [0.1, 0.15) is 0 Å². The highest BCUT2D eigenvalue weighted by molar-refractivity contribution is 6.28. The van der Waals surface area contributed by atoms with E-state index in [0.29, 0.717) is 5.82 Å². The molecular formula is C52H34N4. The van der Waals surface area contributed by atoms with Gasteiger partial charge in [-0.3, -0.25) is 0 Å². The van der Waals surface area contributed by atoms with Gasteiger partial charge in [0.25, 0.3) is 0 Å². The van der Waals surface area contributed by atoms with Gasteiger partial charge in [0, 0.05) is 49.6 Å². The lowest BCUT2D eigenvalue weighted by molar-refractivity contribution is 1.17. The van der Waals surface area contributed by atoms with Crippen molar-refractivity contribution in [3.8, 4) is 56.4 Å². The second kappa shape index (κ2) is 13.1. The summed E-state index contributed by atoms with van der Waals surface area (Å²) in [6.07, 6.45) is 0. The van der Waals surface area contributed by atoms with Gasteiger partial charge in [-0.2, -0.15) is 0 Å². The summed E-state index contributed by atoms with van der Waals surface area (Å²) < 4.78 is 4.83. The summed E-state index contributed by atoms with van der Waals surface area (Å²) in [6.45, 7) is 0. The van der Waals surface area contributed by atoms with E-state index < -0.39 is 0 Å². The molecule has 0 unspecified atom stereocenters. The van der Waals surface area contributed by atoms with Gasteiger partial charge in [-0.25, -0.2) is 9.97 Å². The van der Waals surface area contributed by atoms with Crippen LogP contribution in [0.2, 0.25) is 0 Å². The molecule has 0 saturated carbocycles. The van der Waals surface area contributed by atoms with E-state index in [4.69, 9.17) is 9.97 Å². The number of nitrogens with zero attached hydrogens (tertiary/aromatic N) is 4. The van der Waals surface area contributed by atoms with E-state index in [1.165, 1.54) is 54.7 Å². The second-order valence-corrected chi connectivity index (χ2v) is 14.2. The van der Waals surface area contributed by atoms with Crippen LogP contribution in [0, 0.1) is 0 Å². The van der Waals surface area contributed by atoms with E-state index in [0.717, 1.165) is 39.5 Å². The molecule has 8 aromatic carbocycles. The Morgan fingerprint density at radius 2 is 0.750 bits per heavy atom.